The van der Waals surface area contributed by atoms with Gasteiger partial charge in [0, 0.05) is 12.3 Å². The van der Waals surface area contributed by atoms with Crippen LogP contribution in [0.25, 0.3) is 0 Å². The van der Waals surface area contributed by atoms with Gasteiger partial charge in [-0.25, -0.2) is 0 Å². The lowest BCUT2D eigenvalue weighted by molar-refractivity contribution is -0.152. The van der Waals surface area contributed by atoms with Crippen molar-refractivity contribution in [3.8, 4) is 5.75 Å². The van der Waals surface area contributed by atoms with Crippen molar-refractivity contribution in [3.63, 3.8) is 0 Å². The van der Waals surface area contributed by atoms with Crippen LogP contribution in [0.1, 0.15) is 38.3 Å². The Balaban J connectivity index is 1.55. The zero-order valence-corrected chi connectivity index (χ0v) is 20.2. The number of Topliss-reactive ketones (excluding diaryl/α,β-unsaturated/α-hetero) is 1. The van der Waals surface area contributed by atoms with Crippen LogP contribution in [0.15, 0.2) is 54.6 Å². The SMILES string of the molecule is COc1ccc(CO[C@H]2[C@@H](C(=O)C[C@H](O)[C@H](C)COCc3ccccc3)OC(=O)C2(C)C)cc1. The topological polar surface area (TPSA) is 91.3 Å². The lowest BCUT2D eigenvalue weighted by atomic mass is 9.84. The van der Waals surface area contributed by atoms with E-state index in [-0.39, 0.29) is 24.7 Å². The molecular weight excluding hydrogens is 436 g/mol. The largest absolute Gasteiger partial charge is 0.497 e. The lowest BCUT2D eigenvalue weighted by Crippen LogP contribution is -2.41. The normalized spacial score (nSPS) is 21.0. The Bertz CT molecular complexity index is 939. The number of hydrogen-bond acceptors (Lipinski definition) is 7. The molecule has 2 aromatic rings. The summed E-state index contributed by atoms with van der Waals surface area (Å²) in [5, 5.41) is 10.6. The van der Waals surface area contributed by atoms with Gasteiger partial charge in [-0.05, 0) is 37.1 Å². The number of ether oxygens (including phenoxy) is 4. The summed E-state index contributed by atoms with van der Waals surface area (Å²) in [6, 6.07) is 17.1. The van der Waals surface area contributed by atoms with Gasteiger partial charge in [-0.3, -0.25) is 9.59 Å². The van der Waals surface area contributed by atoms with Crippen molar-refractivity contribution in [1.82, 2.24) is 0 Å². The Hall–Kier alpha value is -2.74. The Kier molecular flexibility index (Phi) is 8.83. The summed E-state index contributed by atoms with van der Waals surface area (Å²) in [5.41, 5.74) is 0.936. The van der Waals surface area contributed by atoms with Gasteiger partial charge in [-0.2, -0.15) is 0 Å². The first kappa shape index (κ1) is 25.9. The van der Waals surface area contributed by atoms with Gasteiger partial charge in [0.05, 0.1) is 38.4 Å². The monoisotopic (exact) mass is 470 g/mol. The molecule has 7 nitrogen and oxygen atoms in total. The van der Waals surface area contributed by atoms with Crippen LogP contribution < -0.4 is 4.74 Å². The molecule has 0 spiro atoms. The summed E-state index contributed by atoms with van der Waals surface area (Å²) in [7, 11) is 1.59. The average Bonchev–Trinajstić information content (AvgIpc) is 3.06. The summed E-state index contributed by atoms with van der Waals surface area (Å²) >= 11 is 0. The van der Waals surface area contributed by atoms with E-state index < -0.39 is 29.7 Å². The van der Waals surface area contributed by atoms with Crippen LogP contribution in [0.3, 0.4) is 0 Å². The molecule has 0 amide bonds. The number of methoxy groups -OCH3 is 1. The molecule has 1 heterocycles. The van der Waals surface area contributed by atoms with Crippen LogP contribution in [0.5, 0.6) is 5.75 Å². The summed E-state index contributed by atoms with van der Waals surface area (Å²) in [5.74, 6) is -0.385. The van der Waals surface area contributed by atoms with Gasteiger partial charge < -0.3 is 24.1 Å². The van der Waals surface area contributed by atoms with E-state index in [0.29, 0.717) is 13.2 Å². The first-order valence-electron chi connectivity index (χ1n) is 11.5. The molecule has 3 rings (SSSR count). The standard InChI is InChI=1S/C27H34O7/c1-18(15-32-16-19-8-6-5-7-9-19)22(28)14-23(29)24-25(27(2,3)26(30)34-24)33-17-20-10-12-21(31-4)13-11-20/h5-13,18,22,24-25,28H,14-17H2,1-4H3/t18-,22+,24-,25+/m1/s1. The molecule has 34 heavy (non-hydrogen) atoms. The predicted octanol–water partition coefficient (Wildman–Crippen LogP) is 3.71. The van der Waals surface area contributed by atoms with Crippen LogP contribution in [-0.4, -0.2) is 48.9 Å². The van der Waals surface area contributed by atoms with Gasteiger partial charge in [0.15, 0.2) is 11.9 Å². The summed E-state index contributed by atoms with van der Waals surface area (Å²) < 4.78 is 22.3. The number of esters is 1. The fourth-order valence-electron chi connectivity index (χ4n) is 3.83. The number of rotatable bonds is 12. The van der Waals surface area contributed by atoms with E-state index in [1.54, 1.807) is 21.0 Å². The molecule has 184 valence electrons. The molecule has 2 aromatic carbocycles. The molecule has 0 aliphatic carbocycles. The second-order valence-corrected chi connectivity index (χ2v) is 9.34. The van der Waals surface area contributed by atoms with Crippen LogP contribution in [-0.2, 0) is 37.0 Å². The Morgan fingerprint density at radius 3 is 2.35 bits per heavy atom. The number of aliphatic hydroxyl groups excluding tert-OH is 1. The van der Waals surface area contributed by atoms with Crippen molar-refractivity contribution in [2.75, 3.05) is 13.7 Å². The highest BCUT2D eigenvalue weighted by Gasteiger charge is 2.54. The molecule has 1 fully saturated rings. The van der Waals surface area contributed by atoms with Gasteiger partial charge in [0.25, 0.3) is 0 Å². The maximum atomic E-state index is 13.0. The first-order valence-corrected chi connectivity index (χ1v) is 11.5. The summed E-state index contributed by atoms with van der Waals surface area (Å²) in [4.78, 5) is 25.5. The maximum absolute atomic E-state index is 13.0. The smallest absolute Gasteiger partial charge is 0.315 e. The number of hydrogen-bond donors (Lipinski definition) is 1. The Labute approximate surface area is 201 Å². The van der Waals surface area contributed by atoms with Crippen molar-refractivity contribution in [2.24, 2.45) is 11.3 Å². The van der Waals surface area contributed by atoms with Crippen molar-refractivity contribution < 1.29 is 33.6 Å². The zero-order valence-electron chi connectivity index (χ0n) is 20.2. The van der Waals surface area contributed by atoms with E-state index in [4.69, 9.17) is 18.9 Å². The van der Waals surface area contributed by atoms with E-state index in [9.17, 15) is 14.7 Å². The number of carbonyl (C=O) groups is 2. The van der Waals surface area contributed by atoms with E-state index in [1.165, 1.54) is 0 Å². The first-order chi connectivity index (χ1) is 16.2. The van der Waals surface area contributed by atoms with Crippen LogP contribution in [0, 0.1) is 11.3 Å². The fraction of sp³-hybridized carbons (Fsp3) is 0.481. The van der Waals surface area contributed by atoms with Crippen LogP contribution >= 0.6 is 0 Å². The fourth-order valence-corrected chi connectivity index (χ4v) is 3.83. The Morgan fingerprint density at radius 1 is 1.06 bits per heavy atom. The molecule has 0 bridgehead atoms. The number of ketones is 1. The second-order valence-electron chi connectivity index (χ2n) is 9.34. The molecule has 1 aliphatic heterocycles. The molecule has 0 saturated carbocycles. The summed E-state index contributed by atoms with van der Waals surface area (Å²) in [6.45, 7) is 6.18. The molecule has 1 aliphatic rings. The minimum atomic E-state index is -1.06. The Morgan fingerprint density at radius 2 is 1.71 bits per heavy atom. The van der Waals surface area contributed by atoms with Gasteiger partial charge in [-0.15, -0.1) is 0 Å². The number of carbonyl (C=O) groups excluding carboxylic acids is 2. The van der Waals surface area contributed by atoms with Gasteiger partial charge >= 0.3 is 5.97 Å². The van der Waals surface area contributed by atoms with E-state index >= 15 is 0 Å². The molecule has 0 aromatic heterocycles. The van der Waals surface area contributed by atoms with Gasteiger partial charge in [0.1, 0.15) is 11.9 Å². The van der Waals surface area contributed by atoms with Gasteiger partial charge in [-0.1, -0.05) is 49.4 Å². The molecule has 4 atom stereocenters. The predicted molar refractivity (Wildman–Crippen MR) is 126 cm³/mol. The van der Waals surface area contributed by atoms with Crippen molar-refractivity contribution in [2.45, 2.75) is 58.7 Å². The van der Waals surface area contributed by atoms with Crippen molar-refractivity contribution >= 4 is 11.8 Å². The molecule has 7 heteroatoms. The van der Waals surface area contributed by atoms with Crippen molar-refractivity contribution in [1.29, 1.82) is 0 Å². The number of cyclic esters (lactones) is 1. The third-order valence-corrected chi connectivity index (χ3v) is 6.21. The highest BCUT2D eigenvalue weighted by atomic mass is 16.6. The highest BCUT2D eigenvalue weighted by molar-refractivity contribution is 5.91. The second kappa shape index (κ2) is 11.6. The van der Waals surface area contributed by atoms with E-state index in [0.717, 1.165) is 16.9 Å². The third-order valence-electron chi connectivity index (χ3n) is 6.21. The molecule has 0 unspecified atom stereocenters. The number of aliphatic hydroxyl groups is 1. The quantitative estimate of drug-likeness (QED) is 0.473. The highest BCUT2D eigenvalue weighted by Crippen LogP contribution is 2.37. The molecular formula is C27H34O7. The average molecular weight is 471 g/mol. The van der Waals surface area contributed by atoms with Crippen molar-refractivity contribution in [3.05, 3.63) is 65.7 Å². The van der Waals surface area contributed by atoms with E-state index in [2.05, 4.69) is 0 Å². The zero-order chi connectivity index (χ0) is 24.7. The lowest BCUT2D eigenvalue weighted by Gasteiger charge is -2.26. The van der Waals surface area contributed by atoms with Crippen LogP contribution in [0.2, 0.25) is 0 Å². The molecule has 1 saturated heterocycles. The third kappa shape index (κ3) is 6.44. The minimum absolute atomic E-state index is 0.147. The number of benzene rings is 2. The van der Waals surface area contributed by atoms with Gasteiger partial charge in [0.2, 0.25) is 0 Å². The molecule has 1 N–H and O–H groups in total. The van der Waals surface area contributed by atoms with E-state index in [1.807, 2.05) is 61.5 Å². The maximum Gasteiger partial charge on any atom is 0.315 e. The summed E-state index contributed by atoms with van der Waals surface area (Å²) in [6.07, 6.45) is -2.89. The van der Waals surface area contributed by atoms with Crippen LogP contribution in [0.4, 0.5) is 0 Å². The minimum Gasteiger partial charge on any atom is -0.497 e. The molecule has 0 radical (unpaired) electrons.